The zero-order chi connectivity index (χ0) is 28.3. The molecule has 7 heteroatoms. The second-order valence-electron chi connectivity index (χ2n) is 10.3. The molecule has 0 saturated carbocycles. The van der Waals surface area contributed by atoms with Crippen LogP contribution in [0.2, 0.25) is 0 Å². The number of H-pyrrole nitrogens is 1. The third-order valence-corrected chi connectivity index (χ3v) is 6.79. The Kier molecular flexibility index (Phi) is 7.45. The first-order valence-corrected chi connectivity index (χ1v) is 13.1. The van der Waals surface area contributed by atoms with E-state index in [1.54, 1.807) is 31.3 Å². The number of carbonyl (C=O) groups excluding carboxylic acids is 2. The number of amides is 2. The lowest BCUT2D eigenvalue weighted by Crippen LogP contribution is -2.40. The number of aliphatic hydroxyl groups excluding tert-OH is 1. The Morgan fingerprint density at radius 1 is 1.02 bits per heavy atom. The monoisotopic (exact) mass is 533 g/mol. The maximum absolute atomic E-state index is 13.6. The molecule has 0 spiro atoms. The molecule has 0 radical (unpaired) electrons. The van der Waals surface area contributed by atoms with E-state index in [2.05, 4.69) is 27.5 Å². The first kappa shape index (κ1) is 26.8. The van der Waals surface area contributed by atoms with Crippen LogP contribution in [0.5, 0.6) is 5.75 Å². The molecule has 1 aliphatic rings. The molecule has 1 unspecified atom stereocenters. The van der Waals surface area contributed by atoms with E-state index in [0.29, 0.717) is 34.4 Å². The summed E-state index contributed by atoms with van der Waals surface area (Å²) in [5.74, 6) is 6.16. The predicted molar refractivity (Wildman–Crippen MR) is 156 cm³/mol. The summed E-state index contributed by atoms with van der Waals surface area (Å²) in [6, 6.07) is 18.1. The number of nitrogens with one attached hydrogen (secondary N) is 3. The molecule has 3 aromatic carbocycles. The molecule has 4 N–H and O–H groups in total. The predicted octanol–water partition coefficient (Wildman–Crippen LogP) is 4.44. The van der Waals surface area contributed by atoms with Crippen LogP contribution in [0.25, 0.3) is 17.0 Å². The van der Waals surface area contributed by atoms with Crippen LogP contribution in [0.4, 0.5) is 0 Å². The van der Waals surface area contributed by atoms with Gasteiger partial charge in [0, 0.05) is 46.4 Å². The summed E-state index contributed by atoms with van der Waals surface area (Å²) in [5, 5.41) is 16.8. The zero-order valence-corrected chi connectivity index (χ0v) is 22.7. The van der Waals surface area contributed by atoms with E-state index < -0.39 is 11.6 Å². The van der Waals surface area contributed by atoms with E-state index in [1.807, 2.05) is 68.6 Å². The molecule has 1 atom stereocenters. The van der Waals surface area contributed by atoms with Crippen LogP contribution in [-0.2, 0) is 6.42 Å². The second-order valence-corrected chi connectivity index (χ2v) is 10.3. The lowest BCUT2D eigenvalue weighted by atomic mass is 9.96. The molecule has 2 amide bonds. The van der Waals surface area contributed by atoms with E-state index in [9.17, 15) is 14.7 Å². The number of benzene rings is 3. The maximum Gasteiger partial charge on any atom is 0.255 e. The number of fused-ring (bicyclic) bond motifs is 2. The van der Waals surface area contributed by atoms with Crippen molar-refractivity contribution < 1.29 is 19.4 Å². The van der Waals surface area contributed by atoms with Crippen molar-refractivity contribution in [3.05, 3.63) is 106 Å². The van der Waals surface area contributed by atoms with Crippen molar-refractivity contribution in [2.45, 2.75) is 31.9 Å². The molecule has 1 aromatic heterocycles. The topological polar surface area (TPSA) is 103 Å². The van der Waals surface area contributed by atoms with Gasteiger partial charge in [-0.25, -0.2) is 0 Å². The number of aromatic nitrogens is 1. The van der Waals surface area contributed by atoms with Gasteiger partial charge in [-0.2, -0.15) is 0 Å². The van der Waals surface area contributed by atoms with Gasteiger partial charge in [-0.05, 0) is 68.3 Å². The van der Waals surface area contributed by atoms with Gasteiger partial charge in [0.15, 0.2) is 0 Å². The maximum atomic E-state index is 13.6. The minimum Gasteiger partial charge on any atom is -0.482 e. The van der Waals surface area contributed by atoms with E-state index in [4.69, 9.17) is 4.74 Å². The smallest absolute Gasteiger partial charge is 0.255 e. The van der Waals surface area contributed by atoms with Crippen LogP contribution >= 0.6 is 0 Å². The van der Waals surface area contributed by atoms with E-state index in [0.717, 1.165) is 22.0 Å². The van der Waals surface area contributed by atoms with Gasteiger partial charge >= 0.3 is 0 Å². The third kappa shape index (κ3) is 5.78. The van der Waals surface area contributed by atoms with Gasteiger partial charge in [-0.1, -0.05) is 42.2 Å². The molecule has 5 rings (SSSR count). The number of rotatable bonds is 6. The molecule has 2 heterocycles. The fourth-order valence-corrected chi connectivity index (χ4v) is 4.73. The zero-order valence-electron chi connectivity index (χ0n) is 22.7. The molecule has 0 bridgehead atoms. The first-order chi connectivity index (χ1) is 19.3. The van der Waals surface area contributed by atoms with Crippen LogP contribution in [-0.4, -0.2) is 47.2 Å². The van der Waals surface area contributed by atoms with Crippen molar-refractivity contribution in [3.8, 4) is 17.6 Å². The Hall–Kier alpha value is -4.80. The molecule has 7 nitrogen and oxygen atoms in total. The van der Waals surface area contributed by atoms with Gasteiger partial charge in [0.05, 0.1) is 18.2 Å². The summed E-state index contributed by atoms with van der Waals surface area (Å²) < 4.78 is 6.21. The van der Waals surface area contributed by atoms with Gasteiger partial charge in [0.1, 0.15) is 11.4 Å². The molecule has 4 aromatic rings. The van der Waals surface area contributed by atoms with Crippen LogP contribution < -0.4 is 15.4 Å². The minimum absolute atomic E-state index is 0.188. The number of para-hydroxylation sites is 1. The average Bonchev–Trinajstić information content (AvgIpc) is 3.37. The lowest BCUT2D eigenvalue weighted by molar-refractivity contribution is 0.0903. The number of hydrogen-bond acceptors (Lipinski definition) is 4. The normalized spacial score (nSPS) is 13.9. The lowest BCUT2D eigenvalue weighted by Gasteiger charge is -2.29. The van der Waals surface area contributed by atoms with Crippen molar-refractivity contribution in [2.75, 3.05) is 13.7 Å². The summed E-state index contributed by atoms with van der Waals surface area (Å²) in [6.07, 6.45) is 6.24. The summed E-state index contributed by atoms with van der Waals surface area (Å²) in [5.41, 5.74) is 4.33. The summed E-state index contributed by atoms with van der Waals surface area (Å²) in [7, 11) is 1.58. The van der Waals surface area contributed by atoms with Crippen molar-refractivity contribution in [1.82, 2.24) is 15.6 Å². The Labute approximate surface area is 233 Å². The third-order valence-electron chi connectivity index (χ3n) is 6.79. The molecule has 0 aliphatic carbocycles. The van der Waals surface area contributed by atoms with Crippen molar-refractivity contribution >= 4 is 28.8 Å². The molecule has 0 fully saturated rings. The minimum atomic E-state index is -0.587. The molecule has 40 heavy (non-hydrogen) atoms. The van der Waals surface area contributed by atoms with Gasteiger partial charge in [-0.15, -0.1) is 0 Å². The van der Waals surface area contributed by atoms with Gasteiger partial charge in [0.2, 0.25) is 0 Å². The SMILES string of the molecule is CNC(=O)c1cccc(C#Cc2cc3c(c(C(=O)NC(CO)Cc4c[nH]c5ccccc45)c2)OC(C)(C)C=C3)c1. The highest BCUT2D eigenvalue weighted by molar-refractivity contribution is 5.99. The van der Waals surface area contributed by atoms with Crippen molar-refractivity contribution in [2.24, 2.45) is 0 Å². The number of carbonyl (C=O) groups is 2. The fourth-order valence-electron chi connectivity index (χ4n) is 4.73. The van der Waals surface area contributed by atoms with Crippen LogP contribution in [0, 0.1) is 11.8 Å². The fraction of sp³-hybridized carbons (Fsp3) is 0.212. The molecular formula is C33H31N3O4. The Balaban J connectivity index is 1.45. The van der Waals surface area contributed by atoms with Crippen LogP contribution in [0.15, 0.2) is 72.9 Å². The van der Waals surface area contributed by atoms with Gasteiger partial charge in [0.25, 0.3) is 11.8 Å². The Bertz CT molecular complexity index is 1690. The average molecular weight is 534 g/mol. The number of hydrogen-bond donors (Lipinski definition) is 4. The molecule has 0 saturated heterocycles. The van der Waals surface area contributed by atoms with E-state index in [1.165, 1.54) is 0 Å². The highest BCUT2D eigenvalue weighted by Crippen LogP contribution is 2.35. The largest absolute Gasteiger partial charge is 0.482 e. The van der Waals surface area contributed by atoms with Crippen LogP contribution in [0.3, 0.4) is 0 Å². The highest BCUT2D eigenvalue weighted by Gasteiger charge is 2.28. The number of ether oxygens (including phenoxy) is 1. The second kappa shape index (κ2) is 11.1. The van der Waals surface area contributed by atoms with Crippen molar-refractivity contribution in [3.63, 3.8) is 0 Å². The highest BCUT2D eigenvalue weighted by atomic mass is 16.5. The van der Waals surface area contributed by atoms with Crippen molar-refractivity contribution in [1.29, 1.82) is 0 Å². The molecule has 202 valence electrons. The standard InChI is InChI=1S/C33H31N3O4/c1-33(2)14-13-23-16-22(12-11-21-7-6-8-24(15-21)31(38)34-3)17-28(30(23)40-33)32(39)36-26(20-37)18-25-19-35-29-10-5-4-9-27(25)29/h4-10,13-17,19,26,35,37H,18,20H2,1-3H3,(H,34,38)(H,36,39). The first-order valence-electron chi connectivity index (χ1n) is 13.1. The Morgan fingerprint density at radius 3 is 2.62 bits per heavy atom. The van der Waals surface area contributed by atoms with Gasteiger partial charge < -0.3 is 25.5 Å². The molecule has 1 aliphatic heterocycles. The number of aliphatic hydroxyl groups is 1. The van der Waals surface area contributed by atoms with Crippen LogP contribution in [0.1, 0.15) is 56.8 Å². The molecular weight excluding hydrogens is 502 g/mol. The number of aromatic amines is 1. The summed E-state index contributed by atoms with van der Waals surface area (Å²) in [4.78, 5) is 28.9. The quantitative estimate of drug-likeness (QED) is 0.275. The van der Waals surface area contributed by atoms with E-state index in [-0.39, 0.29) is 18.4 Å². The summed E-state index contributed by atoms with van der Waals surface area (Å²) >= 11 is 0. The van der Waals surface area contributed by atoms with Gasteiger partial charge in [-0.3, -0.25) is 9.59 Å². The Morgan fingerprint density at radius 2 is 1.82 bits per heavy atom. The van der Waals surface area contributed by atoms with E-state index >= 15 is 0 Å². The summed E-state index contributed by atoms with van der Waals surface area (Å²) in [6.45, 7) is 3.63.